The van der Waals surface area contributed by atoms with Crippen LogP contribution in [0.15, 0.2) is 0 Å². The summed E-state index contributed by atoms with van der Waals surface area (Å²) in [6.07, 6.45) is 0. The highest BCUT2D eigenvalue weighted by molar-refractivity contribution is 7.80. The number of rotatable bonds is 19. The van der Waals surface area contributed by atoms with Gasteiger partial charge in [-0.2, -0.15) is 12.6 Å². The van der Waals surface area contributed by atoms with E-state index in [4.69, 9.17) is 34.2 Å². The maximum Gasteiger partial charge on any atom is 0.0701 e. The van der Waals surface area contributed by atoms with Gasteiger partial charge in [0.1, 0.15) is 0 Å². The van der Waals surface area contributed by atoms with E-state index in [0.717, 1.165) is 5.75 Å². The van der Waals surface area contributed by atoms with Gasteiger partial charge in [0, 0.05) is 12.3 Å². The van der Waals surface area contributed by atoms with Gasteiger partial charge < -0.3 is 34.2 Å². The average Bonchev–Trinajstić information content (AvgIpc) is 2.54. The van der Waals surface area contributed by atoms with Gasteiger partial charge in [0.25, 0.3) is 0 Å². The van der Waals surface area contributed by atoms with E-state index in [9.17, 15) is 0 Å². The lowest BCUT2D eigenvalue weighted by Crippen LogP contribution is -2.15. The molecule has 0 aromatic carbocycles. The molecular weight excluding hydrogens is 310 g/mol. The first-order chi connectivity index (χ1) is 10.9. The van der Waals surface area contributed by atoms with Gasteiger partial charge in [0.2, 0.25) is 0 Å². The van der Waals surface area contributed by atoms with Gasteiger partial charge in [-0.3, -0.25) is 0 Å². The zero-order chi connectivity index (χ0) is 16.1. The van der Waals surface area contributed by atoms with Crippen LogP contribution in [0.25, 0.3) is 0 Å². The molecule has 0 rings (SSSR count). The Balaban J connectivity index is 2.91. The molecule has 0 amide bonds. The smallest absolute Gasteiger partial charge is 0.0701 e. The Labute approximate surface area is 139 Å². The number of hydrogen-bond donors (Lipinski definition) is 2. The van der Waals surface area contributed by atoms with Crippen molar-refractivity contribution in [2.75, 3.05) is 91.6 Å². The van der Waals surface area contributed by atoms with E-state index >= 15 is 0 Å². The van der Waals surface area contributed by atoms with Crippen LogP contribution in [0.5, 0.6) is 0 Å². The summed E-state index contributed by atoms with van der Waals surface area (Å²) in [4.78, 5) is 0. The van der Waals surface area contributed by atoms with E-state index < -0.39 is 0 Å². The molecule has 0 saturated carbocycles. The van der Waals surface area contributed by atoms with Crippen LogP contribution >= 0.6 is 12.6 Å². The third-order valence-electron chi connectivity index (χ3n) is 2.36. The summed E-state index contributed by atoms with van der Waals surface area (Å²) in [5, 5.41) is 0. The summed E-state index contributed by atoms with van der Waals surface area (Å²) in [5.41, 5.74) is 5.29. The lowest BCUT2D eigenvalue weighted by atomic mass is 10.6. The predicted octanol–water partition coefficient (Wildman–Crippen LogP) is -0.0255. The molecule has 0 heterocycles. The van der Waals surface area contributed by atoms with Crippen LogP contribution in [0.2, 0.25) is 0 Å². The molecule has 0 saturated heterocycles. The second kappa shape index (κ2) is 21.1. The summed E-state index contributed by atoms with van der Waals surface area (Å²) < 4.78 is 31.7. The van der Waals surface area contributed by atoms with Gasteiger partial charge in [0.05, 0.1) is 79.3 Å². The van der Waals surface area contributed by atoms with Crippen LogP contribution in [0.1, 0.15) is 0 Å². The number of ether oxygens (including phenoxy) is 6. The molecule has 2 N–H and O–H groups in total. The van der Waals surface area contributed by atoms with Crippen LogP contribution in [0.3, 0.4) is 0 Å². The zero-order valence-electron chi connectivity index (χ0n) is 13.4. The normalized spacial score (nSPS) is 11.2. The Hall–Kier alpha value is 0.0700. The van der Waals surface area contributed by atoms with E-state index in [1.54, 1.807) is 0 Å². The van der Waals surface area contributed by atoms with Gasteiger partial charge >= 0.3 is 0 Å². The Kier molecular flexibility index (Phi) is 21.1. The largest absolute Gasteiger partial charge is 0.378 e. The monoisotopic (exact) mass is 341 g/mol. The van der Waals surface area contributed by atoms with Crippen molar-refractivity contribution in [3.8, 4) is 0 Å². The van der Waals surface area contributed by atoms with Crippen molar-refractivity contribution in [1.29, 1.82) is 0 Å². The summed E-state index contributed by atoms with van der Waals surface area (Å²) in [5.74, 6) is 0.732. The molecule has 8 heteroatoms. The maximum atomic E-state index is 5.36. The first kappa shape index (κ1) is 22.1. The summed E-state index contributed by atoms with van der Waals surface area (Å²) in [6, 6.07) is 0. The highest BCUT2D eigenvalue weighted by Crippen LogP contribution is 1.84. The van der Waals surface area contributed by atoms with Crippen molar-refractivity contribution in [2.24, 2.45) is 5.73 Å². The van der Waals surface area contributed by atoms with E-state index in [-0.39, 0.29) is 0 Å². The van der Waals surface area contributed by atoms with Gasteiger partial charge in [-0.05, 0) is 0 Å². The lowest BCUT2D eigenvalue weighted by molar-refractivity contribution is -0.0157. The summed E-state index contributed by atoms with van der Waals surface area (Å²) >= 11 is 4.04. The first-order valence-corrected chi connectivity index (χ1v) is 8.32. The zero-order valence-corrected chi connectivity index (χ0v) is 14.3. The standard InChI is InChI=1S/C14H31NO6S/c15-1-2-16-3-4-17-5-6-18-7-8-19-9-10-20-11-12-21-13-14-22/h22H,1-15H2. The molecule has 0 aromatic rings. The Morgan fingerprint density at radius 3 is 1.00 bits per heavy atom. The third kappa shape index (κ3) is 20.1. The molecule has 0 aliphatic rings. The molecule has 0 fully saturated rings. The minimum Gasteiger partial charge on any atom is -0.378 e. The second-order valence-corrected chi connectivity index (χ2v) is 4.63. The van der Waals surface area contributed by atoms with Crippen LogP contribution in [-0.2, 0) is 28.4 Å². The predicted molar refractivity (Wildman–Crippen MR) is 87.8 cm³/mol. The minimum absolute atomic E-state index is 0.540. The van der Waals surface area contributed by atoms with Crippen molar-refractivity contribution in [3.63, 3.8) is 0 Å². The number of thiol groups is 1. The molecule has 0 unspecified atom stereocenters. The van der Waals surface area contributed by atoms with E-state index in [1.165, 1.54) is 0 Å². The molecule has 0 bridgehead atoms. The topological polar surface area (TPSA) is 81.4 Å². The Morgan fingerprint density at radius 2 is 0.727 bits per heavy atom. The number of hydrogen-bond acceptors (Lipinski definition) is 8. The van der Waals surface area contributed by atoms with Crippen molar-refractivity contribution in [1.82, 2.24) is 0 Å². The van der Waals surface area contributed by atoms with Crippen molar-refractivity contribution in [2.45, 2.75) is 0 Å². The minimum atomic E-state index is 0.540. The fourth-order valence-electron chi connectivity index (χ4n) is 1.35. The molecule has 7 nitrogen and oxygen atoms in total. The molecule has 22 heavy (non-hydrogen) atoms. The van der Waals surface area contributed by atoms with E-state index in [2.05, 4.69) is 12.6 Å². The molecule has 0 aliphatic carbocycles. The Bertz CT molecular complexity index is 182. The van der Waals surface area contributed by atoms with Crippen molar-refractivity contribution < 1.29 is 28.4 Å². The molecule has 0 radical (unpaired) electrons. The van der Waals surface area contributed by atoms with Crippen LogP contribution in [0.4, 0.5) is 0 Å². The van der Waals surface area contributed by atoms with Crippen LogP contribution in [0, 0.1) is 0 Å². The third-order valence-corrected chi connectivity index (χ3v) is 2.54. The molecule has 134 valence electrons. The van der Waals surface area contributed by atoms with E-state index in [0.29, 0.717) is 85.8 Å². The SMILES string of the molecule is NCCOCCOCCOCCOCCOCCOCCS. The molecule has 0 aliphatic heterocycles. The highest BCUT2D eigenvalue weighted by atomic mass is 32.1. The van der Waals surface area contributed by atoms with Crippen LogP contribution < -0.4 is 5.73 Å². The molecule has 0 spiro atoms. The number of nitrogens with two attached hydrogens (primary N) is 1. The molecule has 0 atom stereocenters. The lowest BCUT2D eigenvalue weighted by Gasteiger charge is -2.08. The summed E-state index contributed by atoms with van der Waals surface area (Å²) in [6.45, 7) is 7.43. The fraction of sp³-hybridized carbons (Fsp3) is 1.00. The van der Waals surface area contributed by atoms with Crippen LogP contribution in [-0.4, -0.2) is 91.6 Å². The first-order valence-electron chi connectivity index (χ1n) is 7.69. The van der Waals surface area contributed by atoms with Gasteiger partial charge in [-0.1, -0.05) is 0 Å². The van der Waals surface area contributed by atoms with Gasteiger partial charge in [0.15, 0.2) is 0 Å². The average molecular weight is 341 g/mol. The van der Waals surface area contributed by atoms with E-state index in [1.807, 2.05) is 0 Å². The molecule has 0 aromatic heterocycles. The second-order valence-electron chi connectivity index (χ2n) is 4.19. The molecular formula is C14H31NO6S. The van der Waals surface area contributed by atoms with Crippen molar-refractivity contribution in [3.05, 3.63) is 0 Å². The maximum absolute atomic E-state index is 5.36. The van der Waals surface area contributed by atoms with Gasteiger partial charge in [-0.25, -0.2) is 0 Å². The van der Waals surface area contributed by atoms with Crippen molar-refractivity contribution >= 4 is 12.6 Å². The van der Waals surface area contributed by atoms with Gasteiger partial charge in [-0.15, -0.1) is 0 Å². The fourth-order valence-corrected chi connectivity index (χ4v) is 1.48. The summed E-state index contributed by atoms with van der Waals surface area (Å²) in [7, 11) is 0. The quantitative estimate of drug-likeness (QED) is 0.252. The highest BCUT2D eigenvalue weighted by Gasteiger charge is 1.93. The Morgan fingerprint density at radius 1 is 0.455 bits per heavy atom.